The Morgan fingerprint density at radius 2 is 0.639 bits per heavy atom. The Hall–Kier alpha value is -10.9. The van der Waals surface area contributed by atoms with Crippen LogP contribution in [0.2, 0.25) is 0 Å². The third-order valence-electron chi connectivity index (χ3n) is 16.9. The van der Waals surface area contributed by atoms with Crippen molar-refractivity contribution >= 4 is 65.4 Å². The molecule has 0 radical (unpaired) electrons. The van der Waals surface area contributed by atoms with Crippen molar-refractivity contribution < 1.29 is 0 Å². The van der Waals surface area contributed by atoms with E-state index in [1.807, 2.05) is 0 Å². The Balaban J connectivity index is 0.994. The molecule has 0 aliphatic heterocycles. The summed E-state index contributed by atoms with van der Waals surface area (Å²) >= 11 is 0. The number of aryl methyl sites for hydroxylation is 2. The van der Waals surface area contributed by atoms with E-state index in [2.05, 4.69) is 313 Å². The van der Waals surface area contributed by atoms with Crippen LogP contribution in [0.5, 0.6) is 0 Å². The van der Waals surface area contributed by atoms with Crippen molar-refractivity contribution in [1.29, 1.82) is 0 Å². The Kier molecular flexibility index (Phi) is 11.3. The molecule has 0 spiro atoms. The second-order valence-corrected chi connectivity index (χ2v) is 21.9. The minimum absolute atomic E-state index is 0.642. The lowest BCUT2D eigenvalue weighted by Gasteiger charge is -2.22. The molecule has 0 saturated heterocycles. The van der Waals surface area contributed by atoms with Crippen molar-refractivity contribution in [3.05, 3.63) is 296 Å². The third-order valence-corrected chi connectivity index (χ3v) is 16.9. The smallest absolute Gasteiger partial charge is 0.160 e. The molecule has 5 heteroatoms. The molecule has 12 aromatic carbocycles. The van der Waals surface area contributed by atoms with Gasteiger partial charge in [-0.3, -0.25) is 0 Å². The summed E-state index contributed by atoms with van der Waals surface area (Å²) in [6.45, 7) is 4.38. The molecule has 0 aliphatic rings. The highest BCUT2D eigenvalue weighted by Crippen LogP contribution is 2.46. The topological polar surface area (TPSA) is 40.6 Å². The average molecular weight is 1060 g/mol. The van der Waals surface area contributed by atoms with Crippen LogP contribution < -0.4 is 0 Å². The molecule has 0 atom stereocenters. The summed E-state index contributed by atoms with van der Waals surface area (Å²) in [5, 5.41) is 7.30. The van der Waals surface area contributed by atoms with Gasteiger partial charge < -0.3 is 13.7 Å². The van der Waals surface area contributed by atoms with E-state index >= 15 is 0 Å². The van der Waals surface area contributed by atoms with E-state index in [4.69, 9.17) is 9.97 Å². The molecule has 4 aromatic heterocycles. The molecular formula is C78H53N5. The number of benzene rings is 12. The maximum Gasteiger partial charge on any atom is 0.160 e. The lowest BCUT2D eigenvalue weighted by molar-refractivity contribution is 1.16. The normalized spacial score (nSPS) is 11.7. The predicted molar refractivity (Wildman–Crippen MR) is 347 cm³/mol. The fourth-order valence-electron chi connectivity index (χ4n) is 13.0. The maximum atomic E-state index is 5.50. The number of aromatic nitrogens is 5. The van der Waals surface area contributed by atoms with E-state index in [-0.39, 0.29) is 0 Å². The van der Waals surface area contributed by atoms with Gasteiger partial charge >= 0.3 is 0 Å². The van der Waals surface area contributed by atoms with Gasteiger partial charge in [-0.15, -0.1) is 0 Å². The van der Waals surface area contributed by atoms with Gasteiger partial charge in [0.1, 0.15) is 0 Å². The third kappa shape index (κ3) is 8.00. The van der Waals surface area contributed by atoms with E-state index < -0.39 is 0 Å². The summed E-state index contributed by atoms with van der Waals surface area (Å²) in [4.78, 5) is 11.0. The van der Waals surface area contributed by atoms with E-state index in [1.54, 1.807) is 0 Å². The van der Waals surface area contributed by atoms with E-state index in [0.29, 0.717) is 5.82 Å². The molecule has 0 saturated carbocycles. The zero-order chi connectivity index (χ0) is 55.1. The number of para-hydroxylation sites is 5. The Labute approximate surface area is 480 Å². The lowest BCUT2D eigenvalue weighted by Crippen LogP contribution is -2.03. The molecule has 0 amide bonds. The lowest BCUT2D eigenvalue weighted by atomic mass is 9.92. The molecule has 4 heterocycles. The fraction of sp³-hybridized carbons (Fsp3) is 0.0256. The van der Waals surface area contributed by atoms with Crippen LogP contribution in [0, 0.1) is 13.8 Å². The molecular weight excluding hydrogens is 1010 g/mol. The van der Waals surface area contributed by atoms with Gasteiger partial charge in [-0.1, -0.05) is 206 Å². The van der Waals surface area contributed by atoms with Crippen LogP contribution in [0.1, 0.15) is 11.1 Å². The zero-order valence-electron chi connectivity index (χ0n) is 45.9. The fourth-order valence-corrected chi connectivity index (χ4v) is 13.0. The van der Waals surface area contributed by atoms with Crippen molar-refractivity contribution in [2.75, 3.05) is 0 Å². The zero-order valence-corrected chi connectivity index (χ0v) is 45.9. The predicted octanol–water partition coefficient (Wildman–Crippen LogP) is 20.4. The molecule has 0 aliphatic carbocycles. The molecule has 16 aromatic rings. The Bertz CT molecular complexity index is 4860. The summed E-state index contributed by atoms with van der Waals surface area (Å²) in [6.07, 6.45) is 0. The summed E-state index contributed by atoms with van der Waals surface area (Å²) in [7, 11) is 0. The first-order valence-corrected chi connectivity index (χ1v) is 28.5. The number of hydrogen-bond acceptors (Lipinski definition) is 2. The second kappa shape index (κ2) is 19.4. The highest BCUT2D eigenvalue weighted by molar-refractivity contribution is 6.13. The first-order chi connectivity index (χ1) is 41.0. The number of rotatable bonds is 9. The number of nitrogens with zero attached hydrogens (tertiary/aromatic N) is 5. The maximum absolute atomic E-state index is 5.50. The van der Waals surface area contributed by atoms with Crippen LogP contribution in [-0.2, 0) is 0 Å². The van der Waals surface area contributed by atoms with Crippen molar-refractivity contribution in [3.8, 4) is 84.3 Å². The van der Waals surface area contributed by atoms with Crippen molar-refractivity contribution in [2.45, 2.75) is 13.8 Å². The van der Waals surface area contributed by atoms with Gasteiger partial charge in [0.2, 0.25) is 0 Å². The quantitative estimate of drug-likeness (QED) is 0.145. The summed E-state index contributed by atoms with van der Waals surface area (Å²) < 4.78 is 7.30. The van der Waals surface area contributed by atoms with E-state index in [9.17, 15) is 0 Å². The standard InChI is InChI=1S/C78H53N5/c1-50-33-43-60(51(2)45-50)56-38-44-76-68(46-56)65-27-13-18-32-75(65)83(76)77-66(52-34-39-58(40-35-52)81-71-28-14-9-23-61(71)62-24-10-15-29-72(62)81)47-57(78-79-69(54-19-5-3-6-20-54)49-70(80-78)55-21-7-4-8-22-55)48-67(77)53-36-41-59(42-37-53)82-73-30-16-11-25-63(73)64-26-12-17-31-74(64)82/h3-49H,1-2H3. The highest BCUT2D eigenvalue weighted by atomic mass is 15.0. The second-order valence-electron chi connectivity index (χ2n) is 21.9. The van der Waals surface area contributed by atoms with Gasteiger partial charge in [0.25, 0.3) is 0 Å². The largest absolute Gasteiger partial charge is 0.309 e. The molecule has 83 heavy (non-hydrogen) atoms. The van der Waals surface area contributed by atoms with E-state index in [1.165, 1.54) is 76.6 Å². The van der Waals surface area contributed by atoms with Crippen LogP contribution in [0.3, 0.4) is 0 Å². The van der Waals surface area contributed by atoms with E-state index in [0.717, 1.165) is 78.4 Å². The molecule has 0 fully saturated rings. The minimum atomic E-state index is 0.642. The molecule has 390 valence electrons. The van der Waals surface area contributed by atoms with Crippen molar-refractivity contribution in [1.82, 2.24) is 23.7 Å². The van der Waals surface area contributed by atoms with Gasteiger partial charge in [-0.2, -0.15) is 0 Å². The van der Waals surface area contributed by atoms with Crippen LogP contribution in [0.15, 0.2) is 285 Å². The summed E-state index contributed by atoms with van der Waals surface area (Å²) in [5.74, 6) is 0.642. The Morgan fingerprint density at radius 3 is 1.08 bits per heavy atom. The van der Waals surface area contributed by atoms with Crippen LogP contribution >= 0.6 is 0 Å². The summed E-state index contributed by atoms with van der Waals surface area (Å²) in [6, 6.07) is 104. The van der Waals surface area contributed by atoms with Gasteiger partial charge in [0.05, 0.1) is 50.2 Å². The first kappa shape index (κ1) is 48.1. The number of hydrogen-bond donors (Lipinski definition) is 0. The van der Waals surface area contributed by atoms with Crippen LogP contribution in [-0.4, -0.2) is 23.7 Å². The highest BCUT2D eigenvalue weighted by Gasteiger charge is 2.25. The number of fused-ring (bicyclic) bond motifs is 9. The first-order valence-electron chi connectivity index (χ1n) is 28.5. The van der Waals surface area contributed by atoms with Crippen molar-refractivity contribution in [2.24, 2.45) is 0 Å². The van der Waals surface area contributed by atoms with Gasteiger partial charge in [0.15, 0.2) is 5.82 Å². The molecule has 0 bridgehead atoms. The average Bonchev–Trinajstić information content (AvgIpc) is 4.30. The monoisotopic (exact) mass is 1060 g/mol. The SMILES string of the molecule is Cc1ccc(-c2ccc3c(c2)c2ccccc2n3-c2c(-c3ccc(-n4c5ccccc5c5ccccc54)cc3)cc(-c3nc(-c4ccccc4)cc(-c4ccccc4)n3)cc2-c2ccc(-n3c4ccccc4c4ccccc43)cc2)c(C)c1. The molecule has 0 unspecified atom stereocenters. The van der Waals surface area contributed by atoms with Gasteiger partial charge in [0, 0.05) is 71.5 Å². The molecule has 5 nitrogen and oxygen atoms in total. The molecule has 0 N–H and O–H groups in total. The van der Waals surface area contributed by atoms with Gasteiger partial charge in [-0.25, -0.2) is 9.97 Å². The Morgan fingerprint density at radius 1 is 0.253 bits per heavy atom. The van der Waals surface area contributed by atoms with Crippen LogP contribution in [0.25, 0.3) is 150 Å². The summed E-state index contributed by atoms with van der Waals surface area (Å²) in [5.41, 5.74) is 24.0. The van der Waals surface area contributed by atoms with Crippen LogP contribution in [0.4, 0.5) is 0 Å². The van der Waals surface area contributed by atoms with Gasteiger partial charge in [-0.05, 0) is 127 Å². The van der Waals surface area contributed by atoms with Crippen molar-refractivity contribution in [3.63, 3.8) is 0 Å². The molecule has 16 rings (SSSR count). The minimum Gasteiger partial charge on any atom is -0.309 e.